The number of amides is 5. The fourth-order valence-electron chi connectivity index (χ4n) is 13.7. The largest absolute Gasteiger partial charge is 0.481 e. The number of ketones is 7. The highest BCUT2D eigenvalue weighted by atomic mass is 16.6. The first-order valence-corrected chi connectivity index (χ1v) is 46.7. The SMILES string of the molecule is CCC(=O)[C@H](CCCCNC(=O)COCCOCCNC(=O)COCCOCCCC(=O)COCCOCCNC(=O)COCCOCCCC(=O)COCCOCCNC(=O)COCCOCCCC(=O)CC[C@H](NC(=O)C1CCC(CCC(=O)CCCCCCCCCCCCCCCCC(=O)O)CC1)C(=O)O)NCC(=O)C(C)(C)CC(=O)[C@@H](N)Cc1cnc[nH]1. The van der Waals surface area contributed by atoms with Gasteiger partial charge in [0.1, 0.15) is 63.0 Å². The summed E-state index contributed by atoms with van der Waals surface area (Å²) in [4.78, 5) is 179. The third-order valence-electron chi connectivity index (χ3n) is 21.4. The van der Waals surface area contributed by atoms with E-state index in [1.54, 1.807) is 27.0 Å². The number of nitrogens with one attached hydrogen (secondary N) is 7. The van der Waals surface area contributed by atoms with Crippen molar-refractivity contribution in [2.75, 3.05) is 191 Å². The van der Waals surface area contributed by atoms with Crippen LogP contribution in [0.4, 0.5) is 0 Å². The molecule has 1 aromatic rings. The molecule has 1 saturated carbocycles. The number of ether oxygens (including phenoxy) is 12. The molecule has 128 heavy (non-hydrogen) atoms. The van der Waals surface area contributed by atoms with Crippen LogP contribution in [-0.2, 0) is 130 Å². The van der Waals surface area contributed by atoms with E-state index in [0.29, 0.717) is 102 Å². The minimum atomic E-state index is -1.18. The zero-order chi connectivity index (χ0) is 93.6. The summed E-state index contributed by atoms with van der Waals surface area (Å²) in [7, 11) is 0. The Morgan fingerprint density at radius 3 is 1.23 bits per heavy atom. The number of carboxylic acids is 2. The topological polar surface area (TPSA) is 517 Å². The number of aromatic amines is 1. The number of Topliss-reactive ketones (excluding diaryl/α,β-unsaturated/α-hetero) is 7. The summed E-state index contributed by atoms with van der Waals surface area (Å²) < 4.78 is 65.0. The highest BCUT2D eigenvalue weighted by molar-refractivity contribution is 5.94. The molecule has 0 unspecified atom stereocenters. The van der Waals surface area contributed by atoms with Crippen molar-refractivity contribution in [2.45, 2.75) is 270 Å². The van der Waals surface area contributed by atoms with E-state index in [4.69, 9.17) is 67.7 Å². The first-order valence-electron chi connectivity index (χ1n) is 46.7. The maximum Gasteiger partial charge on any atom is 0.326 e. The summed E-state index contributed by atoms with van der Waals surface area (Å²) in [5.41, 5.74) is 5.84. The molecule has 0 spiro atoms. The Labute approximate surface area is 757 Å². The first-order chi connectivity index (χ1) is 61.9. The third kappa shape index (κ3) is 68.7. The van der Waals surface area contributed by atoms with Crippen LogP contribution < -0.4 is 37.6 Å². The van der Waals surface area contributed by atoms with E-state index in [0.717, 1.165) is 63.5 Å². The molecule has 0 saturated heterocycles. The molecule has 3 atom stereocenters. The van der Waals surface area contributed by atoms with Gasteiger partial charge in [-0.1, -0.05) is 97.8 Å². The van der Waals surface area contributed by atoms with E-state index in [2.05, 4.69) is 41.9 Å². The molecule has 1 aliphatic rings. The Morgan fingerprint density at radius 1 is 0.422 bits per heavy atom. The molecule has 1 aromatic heterocycles. The lowest BCUT2D eigenvalue weighted by atomic mass is 9.79. The molecule has 0 bridgehead atoms. The molecule has 1 heterocycles. The van der Waals surface area contributed by atoms with Crippen LogP contribution in [0.25, 0.3) is 0 Å². The molecule has 0 radical (unpaired) electrons. The van der Waals surface area contributed by atoms with E-state index in [1.165, 1.54) is 57.7 Å². The Balaban J connectivity index is 1.27. The lowest BCUT2D eigenvalue weighted by Gasteiger charge is -2.28. The van der Waals surface area contributed by atoms with Crippen molar-refractivity contribution < 1.29 is 134 Å². The van der Waals surface area contributed by atoms with Gasteiger partial charge in [0.15, 0.2) is 23.1 Å². The number of carbonyl (C=O) groups is 14. The average Bonchev–Trinajstić information content (AvgIpc) is 1.02. The number of hydrogen-bond donors (Lipinski definition) is 10. The van der Waals surface area contributed by atoms with Gasteiger partial charge in [-0.2, -0.15) is 0 Å². The van der Waals surface area contributed by atoms with E-state index >= 15 is 0 Å². The fourth-order valence-corrected chi connectivity index (χ4v) is 13.7. The molecule has 0 aromatic carbocycles. The first kappa shape index (κ1) is 117. The molecule has 2 rings (SSSR count). The van der Waals surface area contributed by atoms with Gasteiger partial charge in [0.25, 0.3) is 0 Å². The summed E-state index contributed by atoms with van der Waals surface area (Å²) in [6.07, 6.45) is 28.7. The fraction of sp³-hybridized carbons (Fsp3) is 0.813. The summed E-state index contributed by atoms with van der Waals surface area (Å²) in [5, 5.41) is 35.1. The van der Waals surface area contributed by atoms with Crippen LogP contribution in [0.15, 0.2) is 12.5 Å². The van der Waals surface area contributed by atoms with E-state index in [9.17, 15) is 72.2 Å². The predicted octanol–water partition coefficient (Wildman–Crippen LogP) is 6.48. The van der Waals surface area contributed by atoms with Gasteiger partial charge in [0.2, 0.25) is 29.5 Å². The molecule has 1 aliphatic carbocycles. The molecule has 5 amide bonds. The highest BCUT2D eigenvalue weighted by Crippen LogP contribution is 2.32. The predicted molar refractivity (Wildman–Crippen MR) is 474 cm³/mol. The van der Waals surface area contributed by atoms with Crippen LogP contribution >= 0.6 is 0 Å². The maximum atomic E-state index is 13.1. The van der Waals surface area contributed by atoms with E-state index in [1.807, 2.05) is 0 Å². The van der Waals surface area contributed by atoms with Crippen molar-refractivity contribution in [3.8, 4) is 0 Å². The van der Waals surface area contributed by atoms with Gasteiger partial charge in [-0.05, 0) is 95.8 Å². The molecule has 37 heteroatoms. The molecular formula is C91H157N9O28. The van der Waals surface area contributed by atoms with Crippen LogP contribution in [0.1, 0.15) is 251 Å². The second-order valence-corrected chi connectivity index (χ2v) is 33.0. The van der Waals surface area contributed by atoms with E-state index in [-0.39, 0.29) is 293 Å². The van der Waals surface area contributed by atoms with Crippen molar-refractivity contribution >= 4 is 82.0 Å². The number of H-pyrrole nitrogens is 1. The van der Waals surface area contributed by atoms with Crippen LogP contribution in [-0.4, -0.2) is 312 Å². The van der Waals surface area contributed by atoms with Gasteiger partial charge < -0.3 is 110 Å². The van der Waals surface area contributed by atoms with Gasteiger partial charge in [-0.15, -0.1) is 0 Å². The highest BCUT2D eigenvalue weighted by Gasteiger charge is 2.34. The molecule has 1 fully saturated rings. The number of unbranched alkanes of at least 4 members (excludes halogenated alkanes) is 14. The molecule has 11 N–H and O–H groups in total. The van der Waals surface area contributed by atoms with Crippen molar-refractivity contribution in [1.29, 1.82) is 0 Å². The Morgan fingerprint density at radius 2 is 0.812 bits per heavy atom. The Kier molecular flexibility index (Phi) is 72.4. The lowest BCUT2D eigenvalue weighted by Crippen LogP contribution is -2.44. The van der Waals surface area contributed by atoms with Crippen LogP contribution in [0.5, 0.6) is 0 Å². The Bertz CT molecular complexity index is 3180. The molecule has 37 nitrogen and oxygen atoms in total. The second kappa shape index (κ2) is 79.4. The zero-order valence-electron chi connectivity index (χ0n) is 77.0. The van der Waals surface area contributed by atoms with Gasteiger partial charge >= 0.3 is 11.9 Å². The number of rotatable bonds is 93. The van der Waals surface area contributed by atoms with Crippen LogP contribution in [0.3, 0.4) is 0 Å². The van der Waals surface area contributed by atoms with Crippen molar-refractivity contribution in [1.82, 2.24) is 41.9 Å². The van der Waals surface area contributed by atoms with Gasteiger partial charge in [-0.25, -0.2) is 9.78 Å². The monoisotopic (exact) mass is 1820 g/mol. The van der Waals surface area contributed by atoms with Gasteiger partial charge in [0.05, 0.1) is 124 Å². The minimum absolute atomic E-state index is 0.00553. The van der Waals surface area contributed by atoms with Crippen molar-refractivity contribution in [2.24, 2.45) is 23.0 Å². The quantitative estimate of drug-likeness (QED) is 0.0312. The van der Waals surface area contributed by atoms with Crippen molar-refractivity contribution in [3.63, 3.8) is 0 Å². The van der Waals surface area contributed by atoms with Gasteiger partial charge in [0, 0.05) is 133 Å². The lowest BCUT2D eigenvalue weighted by molar-refractivity contribution is -0.143. The van der Waals surface area contributed by atoms with Gasteiger partial charge in [-0.3, -0.25) is 62.3 Å². The number of aromatic nitrogens is 2. The second-order valence-electron chi connectivity index (χ2n) is 33.0. The number of aliphatic carboxylic acids is 2. The number of carbonyl (C=O) groups excluding carboxylic acids is 12. The molecule has 0 aliphatic heterocycles. The maximum absolute atomic E-state index is 13.1. The third-order valence-corrected chi connectivity index (χ3v) is 21.4. The number of nitrogens with two attached hydrogens (primary N) is 1. The normalized spacial score (nSPS) is 14.0. The number of imidazole rings is 1. The minimum Gasteiger partial charge on any atom is -0.481 e. The number of carboxylic acid groups (broad SMARTS) is 2. The summed E-state index contributed by atoms with van der Waals surface area (Å²) in [6, 6.07) is -2.48. The zero-order valence-corrected chi connectivity index (χ0v) is 77.0. The standard InChI is InChI=1S/C91H157N9O28/c1-4-81(105)79(98-63-83(107)91(2,3)61-82(106)78(92)60-73-62-93-70-99-73)28-19-20-38-94-84(108)66-128-59-53-122-47-41-97-87(111)69-127-58-50-119-44-23-27-77(104)65-124-55-52-121-46-40-96-86(110)68-126-57-49-118-43-22-26-76(103)64-123-54-51-120-45-39-95-85(109)67-125-56-48-117-42-21-25-75(102)36-37-80(90(115)116)100-89(114)72-33-30-71(31-34-72)32-35-74(101)24-17-15-13-11-9-7-5-6-8-10-12-14-16-18-29-88(112)113/h62,70-72,78-80,98H,4-61,63-69,92H2,1-3H3,(H,93,99)(H,94,108)(H,95,109)(H,96,110)(H,97,111)(H,100,114)(H,112,113)(H,115,116)/t71?,72?,78-,79-,80-/m0/s1. The number of nitrogens with zero attached hydrogens (tertiary/aromatic N) is 1. The summed E-state index contributed by atoms with van der Waals surface area (Å²) in [6.45, 7) is 9.41. The molecule has 734 valence electrons. The summed E-state index contributed by atoms with van der Waals surface area (Å²) in [5.74, 6) is -3.88. The number of hydrogen-bond acceptors (Lipinski definition) is 29. The van der Waals surface area contributed by atoms with Crippen LogP contribution in [0, 0.1) is 17.3 Å². The molecular weight excluding hydrogens is 1670 g/mol. The average molecular weight is 1830 g/mol. The Hall–Kier alpha value is -7.37. The van der Waals surface area contributed by atoms with Crippen LogP contribution in [0.2, 0.25) is 0 Å². The summed E-state index contributed by atoms with van der Waals surface area (Å²) >= 11 is 0. The van der Waals surface area contributed by atoms with Crippen molar-refractivity contribution in [3.05, 3.63) is 18.2 Å². The van der Waals surface area contributed by atoms with E-state index < -0.39 is 35.5 Å². The smallest absolute Gasteiger partial charge is 0.326 e.